The van der Waals surface area contributed by atoms with Gasteiger partial charge in [-0.05, 0) is 24.0 Å². The van der Waals surface area contributed by atoms with Gasteiger partial charge in [-0.15, -0.1) is 12.4 Å². The SMILES string of the molecule is COc1ccc(S(=O)(=O)CCC(=O)N2CCC(N)C(C)(C)C2)cc1OC.Cl. The van der Waals surface area contributed by atoms with Gasteiger partial charge in [0.15, 0.2) is 21.3 Å². The van der Waals surface area contributed by atoms with Crippen molar-refractivity contribution in [3.8, 4) is 11.5 Å². The summed E-state index contributed by atoms with van der Waals surface area (Å²) in [6.45, 7) is 5.16. The Morgan fingerprint density at radius 1 is 1.26 bits per heavy atom. The standard InChI is InChI=1S/C18H28N2O5S.ClH/c1-18(2)12-20(9-7-16(18)19)17(21)8-10-26(22,23)13-5-6-14(24-3)15(11-13)25-4;/h5-6,11,16H,7-10,12,19H2,1-4H3;1H. The van der Waals surface area contributed by atoms with Gasteiger partial charge < -0.3 is 20.1 Å². The Morgan fingerprint density at radius 3 is 2.44 bits per heavy atom. The van der Waals surface area contributed by atoms with Gasteiger partial charge in [-0.25, -0.2) is 8.42 Å². The van der Waals surface area contributed by atoms with Crippen LogP contribution in [0.1, 0.15) is 26.7 Å². The lowest BCUT2D eigenvalue weighted by Gasteiger charge is -2.42. The maximum atomic E-state index is 12.6. The number of likely N-dealkylation sites (tertiary alicyclic amines) is 1. The number of methoxy groups -OCH3 is 2. The molecule has 0 aliphatic carbocycles. The van der Waals surface area contributed by atoms with Crippen molar-refractivity contribution < 1.29 is 22.7 Å². The van der Waals surface area contributed by atoms with Gasteiger partial charge in [-0.1, -0.05) is 13.8 Å². The van der Waals surface area contributed by atoms with E-state index in [1.165, 1.54) is 26.4 Å². The van der Waals surface area contributed by atoms with E-state index < -0.39 is 9.84 Å². The molecule has 27 heavy (non-hydrogen) atoms. The zero-order valence-corrected chi connectivity index (χ0v) is 17.9. The molecular weight excluding hydrogens is 392 g/mol. The van der Waals surface area contributed by atoms with E-state index in [0.29, 0.717) is 24.6 Å². The zero-order valence-electron chi connectivity index (χ0n) is 16.2. The minimum absolute atomic E-state index is 0. The molecule has 0 spiro atoms. The molecule has 1 atom stereocenters. The molecule has 1 fully saturated rings. The second-order valence-corrected chi connectivity index (χ2v) is 9.39. The Kier molecular flexibility index (Phi) is 7.95. The maximum absolute atomic E-state index is 12.6. The van der Waals surface area contributed by atoms with E-state index in [-0.39, 0.29) is 46.8 Å². The molecule has 154 valence electrons. The summed E-state index contributed by atoms with van der Waals surface area (Å²) < 4.78 is 35.4. The number of carbonyl (C=O) groups is 1. The fourth-order valence-corrected chi connectivity index (χ4v) is 4.34. The predicted molar refractivity (Wildman–Crippen MR) is 106 cm³/mol. The third-order valence-corrected chi connectivity index (χ3v) is 6.68. The molecule has 2 rings (SSSR count). The monoisotopic (exact) mass is 420 g/mol. The van der Waals surface area contributed by atoms with E-state index in [1.807, 2.05) is 13.8 Å². The van der Waals surface area contributed by atoms with Crippen LogP contribution in [0.15, 0.2) is 23.1 Å². The summed E-state index contributed by atoms with van der Waals surface area (Å²) in [5.74, 6) is 0.389. The molecule has 0 radical (unpaired) electrons. The number of ether oxygens (including phenoxy) is 2. The summed E-state index contributed by atoms with van der Waals surface area (Å²) in [4.78, 5) is 14.3. The van der Waals surface area contributed by atoms with E-state index in [1.54, 1.807) is 11.0 Å². The molecule has 1 aromatic carbocycles. The molecule has 7 nitrogen and oxygen atoms in total. The Hall–Kier alpha value is -1.51. The second-order valence-electron chi connectivity index (χ2n) is 7.28. The lowest BCUT2D eigenvalue weighted by molar-refractivity contribution is -0.134. The molecule has 1 aliphatic rings. The average molecular weight is 421 g/mol. The molecule has 0 bridgehead atoms. The van der Waals surface area contributed by atoms with Gasteiger partial charge in [0.2, 0.25) is 5.91 Å². The van der Waals surface area contributed by atoms with Crippen LogP contribution >= 0.6 is 12.4 Å². The average Bonchev–Trinajstić information content (AvgIpc) is 2.61. The van der Waals surface area contributed by atoms with E-state index in [9.17, 15) is 13.2 Å². The van der Waals surface area contributed by atoms with Crippen LogP contribution in [0.2, 0.25) is 0 Å². The first-order valence-corrected chi connectivity index (χ1v) is 10.2. The Balaban J connectivity index is 0.00000364. The lowest BCUT2D eigenvalue weighted by Crippen LogP contribution is -2.54. The highest BCUT2D eigenvalue weighted by Gasteiger charge is 2.35. The number of hydrogen-bond acceptors (Lipinski definition) is 6. The maximum Gasteiger partial charge on any atom is 0.223 e. The molecule has 1 amide bonds. The molecule has 1 aromatic rings. The third-order valence-electron chi connectivity index (χ3n) is 4.96. The predicted octanol–water partition coefficient (Wildman–Crippen LogP) is 1.88. The van der Waals surface area contributed by atoms with Crippen molar-refractivity contribution in [1.29, 1.82) is 0 Å². The van der Waals surface area contributed by atoms with Gasteiger partial charge in [-0.2, -0.15) is 0 Å². The van der Waals surface area contributed by atoms with Crippen LogP contribution in [-0.4, -0.2) is 58.3 Å². The first kappa shape index (κ1) is 23.5. The molecule has 1 saturated heterocycles. The minimum atomic E-state index is -3.60. The number of sulfone groups is 1. The third kappa shape index (κ3) is 5.49. The van der Waals surface area contributed by atoms with Gasteiger partial charge in [0.25, 0.3) is 0 Å². The van der Waals surface area contributed by atoms with Crippen LogP contribution in [0, 0.1) is 5.41 Å². The summed E-state index contributed by atoms with van der Waals surface area (Å²) in [6, 6.07) is 4.47. The molecule has 9 heteroatoms. The Labute approximate surface area is 167 Å². The van der Waals surface area contributed by atoms with Crippen LogP contribution in [-0.2, 0) is 14.6 Å². The van der Waals surface area contributed by atoms with Gasteiger partial charge in [0.05, 0.1) is 24.9 Å². The van der Waals surface area contributed by atoms with Crippen molar-refractivity contribution in [3.63, 3.8) is 0 Å². The highest BCUT2D eigenvalue weighted by atomic mass is 35.5. The van der Waals surface area contributed by atoms with Crippen LogP contribution < -0.4 is 15.2 Å². The number of carbonyl (C=O) groups excluding carboxylic acids is 1. The first-order valence-electron chi connectivity index (χ1n) is 8.59. The van der Waals surface area contributed by atoms with Crippen LogP contribution in [0.5, 0.6) is 11.5 Å². The highest BCUT2D eigenvalue weighted by molar-refractivity contribution is 7.91. The van der Waals surface area contributed by atoms with Gasteiger partial charge >= 0.3 is 0 Å². The lowest BCUT2D eigenvalue weighted by atomic mass is 9.79. The minimum Gasteiger partial charge on any atom is -0.493 e. The van der Waals surface area contributed by atoms with E-state index in [2.05, 4.69) is 0 Å². The topological polar surface area (TPSA) is 98.9 Å². The van der Waals surface area contributed by atoms with Crippen molar-refractivity contribution in [2.45, 2.75) is 37.6 Å². The molecule has 1 heterocycles. The fraction of sp³-hybridized carbons (Fsp3) is 0.611. The summed E-state index contributed by atoms with van der Waals surface area (Å²) in [5.41, 5.74) is 5.92. The molecule has 1 aliphatic heterocycles. The molecule has 0 saturated carbocycles. The van der Waals surface area contributed by atoms with E-state index in [0.717, 1.165) is 6.42 Å². The summed E-state index contributed by atoms with van der Waals surface area (Å²) in [5, 5.41) is 0. The highest BCUT2D eigenvalue weighted by Crippen LogP contribution is 2.30. The van der Waals surface area contributed by atoms with Crippen molar-refractivity contribution >= 4 is 28.2 Å². The summed E-state index contributed by atoms with van der Waals surface area (Å²) in [6.07, 6.45) is 0.670. The smallest absolute Gasteiger partial charge is 0.223 e. The van der Waals surface area contributed by atoms with Crippen LogP contribution in [0.25, 0.3) is 0 Å². The summed E-state index contributed by atoms with van der Waals surface area (Å²) in [7, 11) is -0.671. The van der Waals surface area contributed by atoms with Gasteiger partial charge in [0.1, 0.15) is 0 Å². The second kappa shape index (κ2) is 9.12. The van der Waals surface area contributed by atoms with Crippen molar-refractivity contribution in [3.05, 3.63) is 18.2 Å². The number of hydrogen-bond donors (Lipinski definition) is 1. The first-order chi connectivity index (χ1) is 12.1. The van der Waals surface area contributed by atoms with Crippen molar-refractivity contribution in [2.75, 3.05) is 33.1 Å². The number of halogens is 1. The number of nitrogens with two attached hydrogens (primary N) is 1. The number of amides is 1. The fourth-order valence-electron chi connectivity index (χ4n) is 3.09. The quantitative estimate of drug-likeness (QED) is 0.754. The van der Waals surface area contributed by atoms with Crippen molar-refractivity contribution in [1.82, 2.24) is 4.90 Å². The number of benzene rings is 1. The van der Waals surface area contributed by atoms with Crippen LogP contribution in [0.4, 0.5) is 0 Å². The molecule has 0 aromatic heterocycles. The molecule has 1 unspecified atom stereocenters. The largest absolute Gasteiger partial charge is 0.493 e. The Morgan fingerprint density at radius 2 is 1.89 bits per heavy atom. The molecule has 2 N–H and O–H groups in total. The molecular formula is C18H29ClN2O5S. The van der Waals surface area contributed by atoms with Gasteiger partial charge in [-0.3, -0.25) is 4.79 Å². The summed E-state index contributed by atoms with van der Waals surface area (Å²) >= 11 is 0. The van der Waals surface area contributed by atoms with E-state index >= 15 is 0 Å². The Bertz CT molecular complexity index is 767. The normalized spacial score (nSPS) is 19.1. The van der Waals surface area contributed by atoms with Gasteiger partial charge in [0, 0.05) is 31.6 Å². The number of piperidine rings is 1. The zero-order chi connectivity index (χ0) is 19.5. The number of rotatable bonds is 6. The van der Waals surface area contributed by atoms with Crippen molar-refractivity contribution in [2.24, 2.45) is 11.1 Å². The van der Waals surface area contributed by atoms with E-state index in [4.69, 9.17) is 15.2 Å². The number of nitrogens with zero attached hydrogens (tertiary/aromatic N) is 1. The van der Waals surface area contributed by atoms with Crippen LogP contribution in [0.3, 0.4) is 0 Å².